The van der Waals surface area contributed by atoms with Crippen molar-refractivity contribution in [2.45, 2.75) is 38.3 Å². The van der Waals surface area contributed by atoms with Crippen molar-refractivity contribution in [1.29, 1.82) is 0 Å². The third-order valence-electron chi connectivity index (χ3n) is 3.41. The fourth-order valence-electron chi connectivity index (χ4n) is 2.24. The van der Waals surface area contributed by atoms with Gasteiger partial charge in [-0.1, -0.05) is 0 Å². The summed E-state index contributed by atoms with van der Waals surface area (Å²) in [5.41, 5.74) is 0. The molecule has 1 aromatic rings. The number of ketones is 1. The van der Waals surface area contributed by atoms with Crippen molar-refractivity contribution in [3.05, 3.63) is 18.7 Å². The molecule has 4 nitrogen and oxygen atoms in total. The summed E-state index contributed by atoms with van der Waals surface area (Å²) in [6, 6.07) is 0.584. The lowest BCUT2D eigenvalue weighted by molar-refractivity contribution is -0.121. The van der Waals surface area contributed by atoms with Gasteiger partial charge in [-0.2, -0.15) is 0 Å². The maximum Gasteiger partial charge on any atom is 0.133 e. The molecule has 1 aromatic heterocycles. The van der Waals surface area contributed by atoms with Crippen LogP contribution in [0.5, 0.6) is 0 Å². The Labute approximate surface area is 96.3 Å². The maximum absolute atomic E-state index is 11.1. The Morgan fingerprint density at radius 1 is 1.50 bits per heavy atom. The minimum atomic E-state index is 0.430. The quantitative estimate of drug-likeness (QED) is 0.769. The van der Waals surface area contributed by atoms with Gasteiger partial charge in [0.05, 0.1) is 6.33 Å². The summed E-state index contributed by atoms with van der Waals surface area (Å²) < 4.78 is 2.09. The first-order valence-electron chi connectivity index (χ1n) is 5.93. The molecular formula is C12H19N3O. The van der Waals surface area contributed by atoms with Crippen molar-refractivity contribution in [2.24, 2.45) is 0 Å². The number of carbonyl (C=O) groups excluding carboxylic acids is 1. The number of rotatable bonds is 4. The summed E-state index contributed by atoms with van der Waals surface area (Å²) in [6.45, 7) is 2.00. The summed E-state index contributed by atoms with van der Waals surface area (Å²) in [6.07, 6.45) is 9.22. The Morgan fingerprint density at radius 2 is 2.25 bits per heavy atom. The second kappa shape index (κ2) is 5.25. The molecule has 16 heavy (non-hydrogen) atoms. The van der Waals surface area contributed by atoms with E-state index < -0.39 is 0 Å². The van der Waals surface area contributed by atoms with Gasteiger partial charge < -0.3 is 9.47 Å². The van der Waals surface area contributed by atoms with Crippen molar-refractivity contribution in [2.75, 3.05) is 13.6 Å². The monoisotopic (exact) mass is 221 g/mol. The highest BCUT2D eigenvalue weighted by molar-refractivity contribution is 5.79. The number of nitrogens with zero attached hydrogens (tertiary/aromatic N) is 3. The highest BCUT2D eigenvalue weighted by Gasteiger charge is 2.21. The summed E-state index contributed by atoms with van der Waals surface area (Å²) in [5, 5.41) is 0. The van der Waals surface area contributed by atoms with Crippen LogP contribution in [0.15, 0.2) is 18.7 Å². The van der Waals surface area contributed by atoms with Gasteiger partial charge >= 0.3 is 0 Å². The molecule has 88 valence electrons. The topological polar surface area (TPSA) is 38.1 Å². The summed E-state index contributed by atoms with van der Waals surface area (Å²) in [5.74, 6) is 0.430. The average molecular weight is 221 g/mol. The van der Waals surface area contributed by atoms with Gasteiger partial charge in [-0.05, 0) is 19.9 Å². The van der Waals surface area contributed by atoms with E-state index in [4.69, 9.17) is 0 Å². The molecule has 0 atom stereocenters. The minimum Gasteiger partial charge on any atom is -0.336 e. The first-order chi connectivity index (χ1) is 7.75. The van der Waals surface area contributed by atoms with Gasteiger partial charge in [0.2, 0.25) is 0 Å². The molecular weight excluding hydrogens is 202 g/mol. The third-order valence-corrected chi connectivity index (χ3v) is 3.41. The van der Waals surface area contributed by atoms with Crippen LogP contribution in [0.1, 0.15) is 25.7 Å². The molecule has 0 saturated heterocycles. The van der Waals surface area contributed by atoms with E-state index in [9.17, 15) is 4.79 Å². The Hall–Kier alpha value is -1.16. The molecule has 1 saturated carbocycles. The Bertz CT molecular complexity index is 324. The van der Waals surface area contributed by atoms with Crippen LogP contribution in [0.2, 0.25) is 0 Å². The first kappa shape index (κ1) is 11.3. The van der Waals surface area contributed by atoms with Crippen molar-refractivity contribution in [3.8, 4) is 0 Å². The highest BCUT2D eigenvalue weighted by Crippen LogP contribution is 2.19. The molecule has 0 unspecified atom stereocenters. The van der Waals surface area contributed by atoms with Crippen LogP contribution in [-0.4, -0.2) is 39.9 Å². The van der Waals surface area contributed by atoms with Crippen LogP contribution >= 0.6 is 0 Å². The minimum absolute atomic E-state index is 0.430. The predicted octanol–water partition coefficient (Wildman–Crippen LogP) is 1.33. The summed E-state index contributed by atoms with van der Waals surface area (Å²) >= 11 is 0. The van der Waals surface area contributed by atoms with E-state index in [0.717, 1.165) is 38.8 Å². The highest BCUT2D eigenvalue weighted by atomic mass is 16.1. The lowest BCUT2D eigenvalue weighted by Crippen LogP contribution is -2.37. The number of aromatic nitrogens is 2. The van der Waals surface area contributed by atoms with Crippen molar-refractivity contribution >= 4 is 5.78 Å². The molecule has 4 heteroatoms. The molecule has 1 fully saturated rings. The third kappa shape index (κ3) is 2.92. The van der Waals surface area contributed by atoms with Gasteiger partial charge in [0, 0.05) is 44.4 Å². The molecule has 0 aromatic carbocycles. The zero-order valence-corrected chi connectivity index (χ0v) is 9.80. The lowest BCUT2D eigenvalue weighted by atomic mass is 9.93. The zero-order chi connectivity index (χ0) is 11.4. The van der Waals surface area contributed by atoms with Crippen LogP contribution < -0.4 is 0 Å². The summed E-state index contributed by atoms with van der Waals surface area (Å²) in [4.78, 5) is 17.5. The molecule has 0 spiro atoms. The second-order valence-electron chi connectivity index (χ2n) is 4.55. The van der Waals surface area contributed by atoms with Gasteiger partial charge in [-0.15, -0.1) is 0 Å². The van der Waals surface area contributed by atoms with Crippen molar-refractivity contribution in [1.82, 2.24) is 14.5 Å². The van der Waals surface area contributed by atoms with Gasteiger partial charge in [0.15, 0.2) is 0 Å². The molecule has 1 aliphatic carbocycles. The number of imidazole rings is 1. The van der Waals surface area contributed by atoms with Crippen LogP contribution in [0, 0.1) is 0 Å². The Kier molecular flexibility index (Phi) is 3.72. The van der Waals surface area contributed by atoms with E-state index in [0.29, 0.717) is 11.8 Å². The molecule has 0 aliphatic heterocycles. The average Bonchev–Trinajstić information content (AvgIpc) is 2.80. The number of carbonyl (C=O) groups is 1. The normalized spacial score (nSPS) is 18.2. The molecule has 1 heterocycles. The number of Topliss-reactive ketones (excluding diaryl/α,β-unsaturated/α-hetero) is 1. The molecule has 1 aliphatic rings. The van der Waals surface area contributed by atoms with Gasteiger partial charge in [0.25, 0.3) is 0 Å². The van der Waals surface area contributed by atoms with E-state index in [1.54, 1.807) is 6.20 Å². The molecule has 0 amide bonds. The van der Waals surface area contributed by atoms with E-state index in [1.807, 2.05) is 12.5 Å². The Balaban J connectivity index is 1.75. The Morgan fingerprint density at radius 3 is 2.88 bits per heavy atom. The lowest BCUT2D eigenvalue weighted by Gasteiger charge is -2.30. The first-order valence-corrected chi connectivity index (χ1v) is 5.93. The largest absolute Gasteiger partial charge is 0.336 e. The van der Waals surface area contributed by atoms with Gasteiger partial charge in [0.1, 0.15) is 5.78 Å². The predicted molar refractivity (Wildman–Crippen MR) is 62.1 cm³/mol. The molecule has 0 bridgehead atoms. The standard InChI is InChI=1S/C12H19N3O/c1-14(8-9-15-7-6-13-10-15)11-2-4-12(16)5-3-11/h6-7,10-11H,2-5,8-9H2,1H3. The van der Waals surface area contributed by atoms with E-state index in [1.165, 1.54) is 0 Å². The van der Waals surface area contributed by atoms with E-state index >= 15 is 0 Å². The van der Waals surface area contributed by atoms with Crippen LogP contribution in [0.25, 0.3) is 0 Å². The van der Waals surface area contributed by atoms with Crippen LogP contribution in [0.4, 0.5) is 0 Å². The fraction of sp³-hybridized carbons (Fsp3) is 0.667. The molecule has 0 radical (unpaired) electrons. The van der Waals surface area contributed by atoms with E-state index in [2.05, 4.69) is 21.5 Å². The molecule has 0 N–H and O–H groups in total. The van der Waals surface area contributed by atoms with Crippen molar-refractivity contribution in [3.63, 3.8) is 0 Å². The number of hydrogen-bond donors (Lipinski definition) is 0. The number of likely N-dealkylation sites (N-methyl/N-ethyl adjacent to an activating group) is 1. The van der Waals surface area contributed by atoms with Gasteiger partial charge in [-0.25, -0.2) is 4.98 Å². The fourth-order valence-corrected chi connectivity index (χ4v) is 2.24. The van der Waals surface area contributed by atoms with Crippen LogP contribution in [0.3, 0.4) is 0 Å². The molecule has 2 rings (SSSR count). The van der Waals surface area contributed by atoms with Gasteiger partial charge in [-0.3, -0.25) is 4.79 Å². The second-order valence-corrected chi connectivity index (χ2v) is 4.55. The maximum atomic E-state index is 11.1. The van der Waals surface area contributed by atoms with Crippen molar-refractivity contribution < 1.29 is 4.79 Å². The van der Waals surface area contributed by atoms with Crippen LogP contribution in [-0.2, 0) is 11.3 Å². The smallest absolute Gasteiger partial charge is 0.133 e. The number of hydrogen-bond acceptors (Lipinski definition) is 3. The zero-order valence-electron chi connectivity index (χ0n) is 9.80. The SMILES string of the molecule is CN(CCn1ccnc1)C1CCC(=O)CC1. The van der Waals surface area contributed by atoms with E-state index in [-0.39, 0.29) is 0 Å². The summed E-state index contributed by atoms with van der Waals surface area (Å²) in [7, 11) is 2.15.